The summed E-state index contributed by atoms with van der Waals surface area (Å²) in [7, 11) is 0. The Bertz CT molecular complexity index is 638. The van der Waals surface area contributed by atoms with Gasteiger partial charge in [-0.05, 0) is 44.0 Å². The first kappa shape index (κ1) is 12.9. The molecule has 4 nitrogen and oxygen atoms in total. The van der Waals surface area contributed by atoms with Gasteiger partial charge in [-0.25, -0.2) is 4.98 Å². The fourth-order valence-electron chi connectivity index (χ4n) is 2.72. The minimum Gasteiger partial charge on any atom is -0.370 e. The second kappa shape index (κ2) is 5.89. The standard InChI is InChI=1S/C16H18N4/c17-10-13-9-16(19-8-6-12-5-7-18-11-12)20-15-4-2-1-3-14(13)15/h1-4,9,12,18H,5-8,11H2,(H,19,20). The Morgan fingerprint density at radius 3 is 3.10 bits per heavy atom. The second-order valence-electron chi connectivity index (χ2n) is 5.26. The highest BCUT2D eigenvalue weighted by molar-refractivity contribution is 5.86. The van der Waals surface area contributed by atoms with Gasteiger partial charge < -0.3 is 10.6 Å². The topological polar surface area (TPSA) is 60.7 Å². The van der Waals surface area contributed by atoms with Gasteiger partial charge in [-0.15, -0.1) is 0 Å². The van der Waals surface area contributed by atoms with Crippen molar-refractivity contribution in [1.82, 2.24) is 10.3 Å². The Morgan fingerprint density at radius 2 is 2.30 bits per heavy atom. The minimum atomic E-state index is 0.681. The third-order valence-electron chi connectivity index (χ3n) is 3.86. The maximum absolute atomic E-state index is 9.24. The number of anilines is 1. The first-order valence-corrected chi connectivity index (χ1v) is 7.11. The maximum Gasteiger partial charge on any atom is 0.127 e. The molecule has 0 amide bonds. The van der Waals surface area contributed by atoms with Gasteiger partial charge in [0, 0.05) is 11.9 Å². The minimum absolute atomic E-state index is 0.681. The Hall–Kier alpha value is -2.12. The monoisotopic (exact) mass is 266 g/mol. The number of aromatic nitrogens is 1. The molecule has 1 saturated heterocycles. The van der Waals surface area contributed by atoms with Crippen LogP contribution in [0.4, 0.5) is 5.82 Å². The van der Waals surface area contributed by atoms with Crippen molar-refractivity contribution in [2.75, 3.05) is 25.0 Å². The summed E-state index contributed by atoms with van der Waals surface area (Å²) in [6.45, 7) is 3.16. The number of para-hydroxylation sites is 1. The van der Waals surface area contributed by atoms with E-state index in [4.69, 9.17) is 0 Å². The van der Waals surface area contributed by atoms with Crippen LogP contribution in [0.5, 0.6) is 0 Å². The molecule has 0 spiro atoms. The van der Waals surface area contributed by atoms with Crippen molar-refractivity contribution in [2.45, 2.75) is 12.8 Å². The van der Waals surface area contributed by atoms with Gasteiger partial charge >= 0.3 is 0 Å². The van der Waals surface area contributed by atoms with E-state index in [-0.39, 0.29) is 0 Å². The molecule has 1 aromatic heterocycles. The summed E-state index contributed by atoms with van der Waals surface area (Å²) in [4.78, 5) is 4.57. The second-order valence-corrected chi connectivity index (χ2v) is 5.26. The maximum atomic E-state index is 9.24. The first-order valence-electron chi connectivity index (χ1n) is 7.11. The molecule has 1 aromatic carbocycles. The van der Waals surface area contributed by atoms with E-state index in [0.29, 0.717) is 5.56 Å². The molecule has 0 saturated carbocycles. The number of fused-ring (bicyclic) bond motifs is 1. The summed E-state index contributed by atoms with van der Waals surface area (Å²) >= 11 is 0. The van der Waals surface area contributed by atoms with Crippen LogP contribution in [-0.4, -0.2) is 24.6 Å². The van der Waals surface area contributed by atoms with E-state index in [1.807, 2.05) is 30.3 Å². The van der Waals surface area contributed by atoms with Crippen molar-refractivity contribution < 1.29 is 0 Å². The van der Waals surface area contributed by atoms with E-state index < -0.39 is 0 Å². The van der Waals surface area contributed by atoms with Gasteiger partial charge in [0.1, 0.15) is 5.82 Å². The van der Waals surface area contributed by atoms with E-state index in [2.05, 4.69) is 21.7 Å². The summed E-state index contributed by atoms with van der Waals surface area (Å²) in [6, 6.07) is 11.9. The number of nitrogens with zero attached hydrogens (tertiary/aromatic N) is 2. The van der Waals surface area contributed by atoms with Crippen molar-refractivity contribution in [1.29, 1.82) is 5.26 Å². The molecular weight excluding hydrogens is 248 g/mol. The van der Waals surface area contributed by atoms with Gasteiger partial charge in [0.05, 0.1) is 17.1 Å². The van der Waals surface area contributed by atoms with Gasteiger partial charge in [0.15, 0.2) is 0 Å². The molecule has 0 aliphatic carbocycles. The lowest BCUT2D eigenvalue weighted by Gasteiger charge is -2.11. The Labute approximate surface area is 118 Å². The zero-order chi connectivity index (χ0) is 13.8. The summed E-state index contributed by atoms with van der Waals surface area (Å²) in [5, 5.41) is 16.9. The largest absolute Gasteiger partial charge is 0.370 e. The highest BCUT2D eigenvalue weighted by atomic mass is 15.0. The van der Waals surface area contributed by atoms with Crippen molar-refractivity contribution in [3.8, 4) is 6.07 Å². The molecule has 2 N–H and O–H groups in total. The van der Waals surface area contributed by atoms with E-state index >= 15 is 0 Å². The van der Waals surface area contributed by atoms with E-state index in [1.165, 1.54) is 6.42 Å². The van der Waals surface area contributed by atoms with Crippen molar-refractivity contribution in [3.63, 3.8) is 0 Å². The average molecular weight is 266 g/mol. The predicted molar refractivity (Wildman–Crippen MR) is 80.5 cm³/mol. The van der Waals surface area contributed by atoms with Crippen LogP contribution in [0.1, 0.15) is 18.4 Å². The first-order chi connectivity index (χ1) is 9.86. The number of pyridine rings is 1. The molecule has 1 aliphatic heterocycles. The Balaban J connectivity index is 1.73. The van der Waals surface area contributed by atoms with Gasteiger partial charge in [-0.3, -0.25) is 0 Å². The summed E-state index contributed by atoms with van der Waals surface area (Å²) in [5.41, 5.74) is 1.55. The van der Waals surface area contributed by atoms with Crippen LogP contribution >= 0.6 is 0 Å². The van der Waals surface area contributed by atoms with Crippen molar-refractivity contribution in [3.05, 3.63) is 35.9 Å². The lowest BCUT2D eigenvalue weighted by Crippen LogP contribution is -2.13. The summed E-state index contributed by atoms with van der Waals surface area (Å²) < 4.78 is 0. The number of hydrogen-bond donors (Lipinski definition) is 2. The molecule has 4 heteroatoms. The molecule has 0 radical (unpaired) electrons. The van der Waals surface area contributed by atoms with Gasteiger partial charge in [0.2, 0.25) is 0 Å². The normalized spacial score (nSPS) is 18.1. The van der Waals surface area contributed by atoms with Crippen LogP contribution in [0, 0.1) is 17.2 Å². The molecule has 3 rings (SSSR count). The van der Waals surface area contributed by atoms with Crippen molar-refractivity contribution in [2.24, 2.45) is 5.92 Å². The van der Waals surface area contributed by atoms with Gasteiger partial charge in [0.25, 0.3) is 0 Å². The zero-order valence-electron chi connectivity index (χ0n) is 11.4. The lowest BCUT2D eigenvalue weighted by molar-refractivity contribution is 0.549. The van der Waals surface area contributed by atoms with Crippen LogP contribution in [0.15, 0.2) is 30.3 Å². The average Bonchev–Trinajstić information content (AvgIpc) is 2.99. The number of hydrogen-bond acceptors (Lipinski definition) is 4. The molecule has 0 bridgehead atoms. The SMILES string of the molecule is N#Cc1cc(NCCC2CCNC2)nc2ccccc12. The van der Waals surface area contributed by atoms with Gasteiger partial charge in [-0.1, -0.05) is 18.2 Å². The summed E-state index contributed by atoms with van der Waals surface area (Å²) in [6.07, 6.45) is 2.40. The molecule has 20 heavy (non-hydrogen) atoms. The predicted octanol–water partition coefficient (Wildman–Crippen LogP) is 2.52. The Kier molecular flexibility index (Phi) is 3.80. The lowest BCUT2D eigenvalue weighted by atomic mass is 10.1. The highest BCUT2D eigenvalue weighted by Crippen LogP contribution is 2.20. The summed E-state index contributed by atoms with van der Waals surface area (Å²) in [5.74, 6) is 1.56. The zero-order valence-corrected chi connectivity index (χ0v) is 11.4. The molecule has 2 heterocycles. The molecule has 1 aliphatic rings. The quantitative estimate of drug-likeness (QED) is 0.892. The van der Waals surface area contributed by atoms with Crippen LogP contribution < -0.4 is 10.6 Å². The van der Waals surface area contributed by atoms with Crippen molar-refractivity contribution >= 4 is 16.7 Å². The molecule has 1 atom stereocenters. The van der Waals surface area contributed by atoms with E-state index in [0.717, 1.165) is 48.7 Å². The fourth-order valence-corrected chi connectivity index (χ4v) is 2.72. The molecule has 2 aromatic rings. The van der Waals surface area contributed by atoms with E-state index in [1.54, 1.807) is 0 Å². The smallest absolute Gasteiger partial charge is 0.127 e. The molecule has 102 valence electrons. The third kappa shape index (κ3) is 2.73. The van der Waals surface area contributed by atoms with Gasteiger partial charge in [-0.2, -0.15) is 5.26 Å². The number of rotatable bonds is 4. The third-order valence-corrected chi connectivity index (χ3v) is 3.86. The van der Waals surface area contributed by atoms with Crippen LogP contribution in [0.2, 0.25) is 0 Å². The number of benzene rings is 1. The number of nitriles is 1. The fraction of sp³-hybridized carbons (Fsp3) is 0.375. The van der Waals surface area contributed by atoms with E-state index in [9.17, 15) is 5.26 Å². The number of nitrogens with one attached hydrogen (secondary N) is 2. The molecular formula is C16H18N4. The van der Waals surface area contributed by atoms with Crippen LogP contribution in [0.3, 0.4) is 0 Å². The Morgan fingerprint density at radius 1 is 1.40 bits per heavy atom. The van der Waals surface area contributed by atoms with Crippen LogP contribution in [0.25, 0.3) is 10.9 Å². The molecule has 1 unspecified atom stereocenters. The highest BCUT2D eigenvalue weighted by Gasteiger charge is 2.13. The molecule has 1 fully saturated rings. The van der Waals surface area contributed by atoms with Crippen LogP contribution in [-0.2, 0) is 0 Å².